The minimum atomic E-state index is -0.896. The lowest BCUT2D eigenvalue weighted by Gasteiger charge is -2.19. The molecule has 2 aromatic rings. The lowest BCUT2D eigenvalue weighted by atomic mass is 10.0. The largest absolute Gasteiger partial charge is 0.493 e. The predicted molar refractivity (Wildman–Crippen MR) is 143 cm³/mol. The summed E-state index contributed by atoms with van der Waals surface area (Å²) in [5, 5.41) is 10.3. The minimum Gasteiger partial charge on any atom is -0.493 e. The van der Waals surface area contributed by atoms with Crippen molar-refractivity contribution in [3.05, 3.63) is 29.5 Å². The topological polar surface area (TPSA) is 94.5 Å². The molecule has 0 bridgehead atoms. The van der Waals surface area contributed by atoms with Crippen molar-refractivity contribution in [1.82, 2.24) is 20.4 Å². The fourth-order valence-electron chi connectivity index (χ4n) is 4.15. The first-order valence-corrected chi connectivity index (χ1v) is 13.3. The Labute approximate surface area is 224 Å². The van der Waals surface area contributed by atoms with Gasteiger partial charge < -0.3 is 20.1 Å². The van der Waals surface area contributed by atoms with E-state index in [1.807, 2.05) is 20.8 Å². The van der Waals surface area contributed by atoms with E-state index < -0.39 is 17.5 Å². The Bertz CT molecular complexity index is 1060. The second-order valence-corrected chi connectivity index (χ2v) is 10.3. The number of ether oxygens (including phenoxy) is 2. The molecule has 0 saturated carbocycles. The van der Waals surface area contributed by atoms with Crippen molar-refractivity contribution in [3.63, 3.8) is 0 Å². The maximum atomic E-state index is 14.7. The van der Waals surface area contributed by atoms with Gasteiger partial charge in [-0.3, -0.25) is 14.3 Å². The maximum absolute atomic E-state index is 14.7. The van der Waals surface area contributed by atoms with Gasteiger partial charge in [-0.1, -0.05) is 41.0 Å². The maximum Gasteiger partial charge on any atom is 0.272 e. The number of hydrogen-bond donors (Lipinski definition) is 2. The van der Waals surface area contributed by atoms with Crippen molar-refractivity contribution in [2.24, 2.45) is 11.8 Å². The van der Waals surface area contributed by atoms with Gasteiger partial charge in [0.05, 0.1) is 25.5 Å². The van der Waals surface area contributed by atoms with Crippen LogP contribution in [0, 0.1) is 23.5 Å². The van der Waals surface area contributed by atoms with E-state index in [0.717, 1.165) is 19.3 Å². The smallest absolute Gasteiger partial charge is 0.272 e. The first-order valence-electron chi connectivity index (χ1n) is 13.3. The summed E-state index contributed by atoms with van der Waals surface area (Å²) in [6, 6.07) is 1.78. The van der Waals surface area contributed by atoms with Gasteiger partial charge in [0.15, 0.2) is 28.8 Å². The summed E-state index contributed by atoms with van der Waals surface area (Å²) >= 11 is 0. The van der Waals surface area contributed by atoms with E-state index in [0.29, 0.717) is 31.5 Å². The molecule has 212 valence electrons. The molecular formula is C28H42F2N4O4. The summed E-state index contributed by atoms with van der Waals surface area (Å²) in [5.41, 5.74) is 0.383. The molecule has 1 aromatic carbocycles. The van der Waals surface area contributed by atoms with Crippen molar-refractivity contribution in [3.8, 4) is 22.8 Å². The number of unbranched alkanes of at least 4 members (excludes halogenated alkanes) is 1. The number of nitrogens with one attached hydrogen (secondary N) is 2. The fourth-order valence-corrected chi connectivity index (χ4v) is 4.15. The first kappa shape index (κ1) is 31.1. The monoisotopic (exact) mass is 536 g/mol. The second-order valence-electron chi connectivity index (χ2n) is 10.3. The molecule has 0 unspecified atom stereocenters. The van der Waals surface area contributed by atoms with E-state index in [9.17, 15) is 18.4 Å². The van der Waals surface area contributed by atoms with Gasteiger partial charge >= 0.3 is 0 Å². The number of amides is 2. The van der Waals surface area contributed by atoms with Gasteiger partial charge in [-0.25, -0.2) is 8.78 Å². The van der Waals surface area contributed by atoms with Crippen molar-refractivity contribution >= 4 is 11.8 Å². The summed E-state index contributed by atoms with van der Waals surface area (Å²) in [4.78, 5) is 25.8. The Morgan fingerprint density at radius 3 is 2.16 bits per heavy atom. The zero-order chi connectivity index (χ0) is 28.4. The third kappa shape index (κ3) is 8.43. The molecule has 38 heavy (non-hydrogen) atoms. The van der Waals surface area contributed by atoms with Crippen LogP contribution in [0.4, 0.5) is 8.78 Å². The highest BCUT2D eigenvalue weighted by molar-refractivity contribution is 5.94. The Morgan fingerprint density at radius 2 is 1.63 bits per heavy atom. The number of carbonyl (C=O) groups excluding carboxylic acids is 2. The average molecular weight is 537 g/mol. The van der Waals surface area contributed by atoms with Gasteiger partial charge in [0.1, 0.15) is 0 Å². The van der Waals surface area contributed by atoms with Gasteiger partial charge in [0.25, 0.3) is 5.91 Å². The minimum absolute atomic E-state index is 0.0337. The number of hydrogen-bond acceptors (Lipinski definition) is 5. The lowest BCUT2D eigenvalue weighted by molar-refractivity contribution is -0.121. The number of rotatable bonds is 15. The van der Waals surface area contributed by atoms with Crippen LogP contribution in [-0.2, 0) is 11.3 Å². The van der Waals surface area contributed by atoms with Crippen LogP contribution in [0.1, 0.15) is 77.2 Å². The van der Waals surface area contributed by atoms with Crippen molar-refractivity contribution in [1.29, 1.82) is 0 Å². The van der Waals surface area contributed by atoms with Crippen LogP contribution in [0.15, 0.2) is 12.1 Å². The zero-order valence-corrected chi connectivity index (χ0v) is 23.6. The highest BCUT2D eigenvalue weighted by atomic mass is 19.1. The quantitative estimate of drug-likeness (QED) is 0.300. The van der Waals surface area contributed by atoms with Crippen LogP contribution >= 0.6 is 0 Å². The predicted octanol–water partition coefficient (Wildman–Crippen LogP) is 5.34. The molecular weight excluding hydrogens is 494 g/mol. The molecule has 2 amide bonds. The number of aromatic nitrogens is 2. The standard InChI is InChI=1S/C28H42F2N4O4/c1-8-9-12-31-24(35)13-19(11-10-17(2)3)32-28(36)22-15-23(34(33-22)16-18(4)5)25-26(37-6)20(29)14-21(30)27(25)38-7/h14-15,17-19H,8-13,16H2,1-7H3,(H,31,35)(H,32,36)/t19-/m0/s1. The van der Waals surface area contributed by atoms with Crippen LogP contribution < -0.4 is 20.1 Å². The second kappa shape index (κ2) is 14.7. The average Bonchev–Trinajstić information content (AvgIpc) is 3.25. The van der Waals surface area contributed by atoms with E-state index in [1.54, 1.807) is 0 Å². The molecule has 10 heteroatoms. The molecule has 0 aliphatic heterocycles. The van der Waals surface area contributed by atoms with Gasteiger partial charge in [-0.05, 0) is 37.2 Å². The molecule has 2 rings (SSSR count). The summed E-state index contributed by atoms with van der Waals surface area (Å²) in [6.07, 6.45) is 3.47. The molecule has 2 N–H and O–H groups in total. The Kier molecular flexibility index (Phi) is 12.0. The number of halogens is 2. The number of nitrogens with zero attached hydrogens (tertiary/aromatic N) is 2. The summed E-state index contributed by atoms with van der Waals surface area (Å²) < 4.78 is 41.4. The summed E-state index contributed by atoms with van der Waals surface area (Å²) in [5.74, 6) is -2.29. The lowest BCUT2D eigenvalue weighted by Crippen LogP contribution is -2.39. The molecule has 1 atom stereocenters. The normalized spacial score (nSPS) is 12.1. The first-order chi connectivity index (χ1) is 18.0. The number of methoxy groups -OCH3 is 2. The Balaban J connectivity index is 2.44. The van der Waals surface area contributed by atoms with Gasteiger partial charge in [-0.15, -0.1) is 0 Å². The van der Waals surface area contributed by atoms with E-state index >= 15 is 0 Å². The fraction of sp³-hybridized carbons (Fsp3) is 0.607. The summed E-state index contributed by atoms with van der Waals surface area (Å²) in [7, 11) is 2.56. The van der Waals surface area contributed by atoms with Crippen molar-refractivity contribution in [2.45, 2.75) is 79.3 Å². The number of carbonyl (C=O) groups is 2. The van der Waals surface area contributed by atoms with E-state index in [1.165, 1.54) is 25.0 Å². The van der Waals surface area contributed by atoms with Crippen LogP contribution in [0.5, 0.6) is 11.5 Å². The highest BCUT2D eigenvalue weighted by Gasteiger charge is 2.28. The molecule has 0 fully saturated rings. The Hall–Kier alpha value is -3.17. The van der Waals surface area contributed by atoms with E-state index in [-0.39, 0.29) is 52.7 Å². The molecule has 0 aliphatic carbocycles. The Morgan fingerprint density at radius 1 is 1.00 bits per heavy atom. The molecule has 0 saturated heterocycles. The van der Waals surface area contributed by atoms with Gasteiger partial charge in [0.2, 0.25) is 5.91 Å². The van der Waals surface area contributed by atoms with E-state index in [4.69, 9.17) is 9.47 Å². The summed E-state index contributed by atoms with van der Waals surface area (Å²) in [6.45, 7) is 11.1. The van der Waals surface area contributed by atoms with Crippen LogP contribution in [-0.4, -0.2) is 48.4 Å². The zero-order valence-electron chi connectivity index (χ0n) is 23.6. The van der Waals surface area contributed by atoms with E-state index in [2.05, 4.69) is 29.6 Å². The van der Waals surface area contributed by atoms with Crippen LogP contribution in [0.25, 0.3) is 11.3 Å². The number of benzene rings is 1. The van der Waals surface area contributed by atoms with Crippen molar-refractivity contribution in [2.75, 3.05) is 20.8 Å². The van der Waals surface area contributed by atoms with Crippen molar-refractivity contribution < 1.29 is 27.8 Å². The third-order valence-electron chi connectivity index (χ3n) is 6.07. The highest BCUT2D eigenvalue weighted by Crippen LogP contribution is 2.42. The molecule has 0 aliphatic rings. The van der Waals surface area contributed by atoms with Gasteiger partial charge in [-0.2, -0.15) is 5.10 Å². The molecule has 0 radical (unpaired) electrons. The molecule has 1 aromatic heterocycles. The third-order valence-corrected chi connectivity index (χ3v) is 6.07. The van der Waals surface area contributed by atoms with Crippen LogP contribution in [0.2, 0.25) is 0 Å². The molecule has 1 heterocycles. The SMILES string of the molecule is CCCCNC(=O)C[C@H](CCC(C)C)NC(=O)c1cc(-c2c(OC)c(F)cc(F)c2OC)n(CC(C)C)n1. The van der Waals surface area contributed by atoms with Gasteiger partial charge in [0, 0.05) is 31.6 Å². The molecule has 0 spiro atoms. The van der Waals surface area contributed by atoms with Crippen LogP contribution in [0.3, 0.4) is 0 Å². The molecule has 8 nitrogen and oxygen atoms in total.